The van der Waals surface area contributed by atoms with Crippen LogP contribution in [0, 0.1) is 0 Å². The third-order valence-corrected chi connectivity index (χ3v) is 11.4. The van der Waals surface area contributed by atoms with E-state index in [0.29, 0.717) is 0 Å². The van der Waals surface area contributed by atoms with Gasteiger partial charge in [-0.1, -0.05) is 160 Å². The minimum atomic E-state index is 0.00218. The number of pyridine rings is 2. The van der Waals surface area contributed by atoms with Gasteiger partial charge in [0.15, 0.2) is 0 Å². The molecule has 282 valence electrons. The number of hydrogen-bond acceptors (Lipinski definition) is 2. The molecule has 0 aliphatic rings. The van der Waals surface area contributed by atoms with E-state index in [1.54, 1.807) is 0 Å². The van der Waals surface area contributed by atoms with E-state index in [1.807, 2.05) is 6.20 Å². The second-order valence-corrected chi connectivity index (χ2v) is 16.4. The number of aromatic nitrogens is 3. The van der Waals surface area contributed by atoms with E-state index in [-0.39, 0.29) is 5.41 Å². The molecule has 0 aliphatic heterocycles. The summed E-state index contributed by atoms with van der Waals surface area (Å²) in [4.78, 5) is 14.6. The summed E-state index contributed by atoms with van der Waals surface area (Å²) in [6, 6.07) is 69.4. The average molecular weight is 758 g/mol. The van der Waals surface area contributed by atoms with Crippen molar-refractivity contribution in [3.8, 4) is 78.3 Å². The van der Waals surface area contributed by atoms with Crippen LogP contribution in [0.2, 0.25) is 0 Å². The molecule has 59 heavy (non-hydrogen) atoms. The minimum absolute atomic E-state index is 0.00218. The van der Waals surface area contributed by atoms with Crippen molar-refractivity contribution >= 4 is 21.8 Å². The van der Waals surface area contributed by atoms with Crippen LogP contribution < -0.4 is 0 Å². The van der Waals surface area contributed by atoms with Crippen molar-refractivity contribution in [1.29, 1.82) is 0 Å². The summed E-state index contributed by atoms with van der Waals surface area (Å²) in [5.41, 5.74) is 18.4. The number of aromatic amines is 1. The third-order valence-electron chi connectivity index (χ3n) is 11.4. The quantitative estimate of drug-likeness (QED) is 0.176. The Morgan fingerprint density at radius 1 is 0.356 bits per heavy atom. The van der Waals surface area contributed by atoms with Gasteiger partial charge >= 0.3 is 0 Å². The maximum Gasteiger partial charge on any atom is 0.0737 e. The molecule has 0 radical (unpaired) electrons. The SMILES string of the molecule is CC(C)(C)c1cccc(-c2cc(-c3ccccc3)cc(-c3cc(-c4ccccc4)cc4c3[nH]c3c(-c5cc(-c6ccccc6)ccn5)cc(-c5ccccc5)cc34)n2)c1. The van der Waals surface area contributed by atoms with Crippen molar-refractivity contribution in [2.24, 2.45) is 0 Å². The largest absolute Gasteiger partial charge is 0.353 e. The van der Waals surface area contributed by atoms with E-state index in [4.69, 9.17) is 9.97 Å². The molecule has 3 heteroatoms. The van der Waals surface area contributed by atoms with Crippen LogP contribution in [0.3, 0.4) is 0 Å². The molecule has 0 bridgehead atoms. The summed E-state index contributed by atoms with van der Waals surface area (Å²) in [6.07, 6.45) is 1.93. The standard InChI is InChI=1S/C56H43N3/c1-56(2,3)46-26-16-25-42(29-46)51-35-45(40-23-14-7-15-24-40)36-53(58-51)50-33-44(39-21-12-6-13-22-39)31-48-47-30-43(38-19-10-5-11-20-38)32-49(54(47)59-55(48)50)52-34-41(27-28-57-52)37-17-8-4-9-18-37/h4-36,59H,1-3H3. The normalized spacial score (nSPS) is 11.6. The van der Waals surface area contributed by atoms with Gasteiger partial charge in [0.05, 0.1) is 28.1 Å². The molecule has 3 nitrogen and oxygen atoms in total. The average Bonchev–Trinajstić information content (AvgIpc) is 3.68. The highest BCUT2D eigenvalue weighted by Crippen LogP contribution is 2.43. The second kappa shape index (κ2) is 14.9. The number of nitrogens with one attached hydrogen (secondary N) is 1. The van der Waals surface area contributed by atoms with Gasteiger partial charge in [-0.05, 0) is 110 Å². The lowest BCUT2D eigenvalue weighted by atomic mass is 9.86. The molecule has 0 unspecified atom stereocenters. The fraction of sp³-hybridized carbons (Fsp3) is 0.0714. The van der Waals surface area contributed by atoms with Gasteiger partial charge in [0.1, 0.15) is 0 Å². The zero-order valence-corrected chi connectivity index (χ0v) is 33.4. The Bertz CT molecular complexity index is 3100. The van der Waals surface area contributed by atoms with Crippen molar-refractivity contribution in [2.75, 3.05) is 0 Å². The summed E-state index contributed by atoms with van der Waals surface area (Å²) in [5, 5.41) is 2.28. The first-order valence-electron chi connectivity index (χ1n) is 20.3. The van der Waals surface area contributed by atoms with Gasteiger partial charge < -0.3 is 4.98 Å². The topological polar surface area (TPSA) is 41.6 Å². The second-order valence-electron chi connectivity index (χ2n) is 16.4. The molecular weight excluding hydrogens is 715 g/mol. The van der Waals surface area contributed by atoms with Crippen LogP contribution in [0.15, 0.2) is 200 Å². The molecule has 3 aromatic heterocycles. The highest BCUT2D eigenvalue weighted by molar-refractivity contribution is 6.17. The number of H-pyrrole nitrogens is 1. The Morgan fingerprint density at radius 3 is 1.32 bits per heavy atom. The summed E-state index contributed by atoms with van der Waals surface area (Å²) in [7, 11) is 0. The maximum absolute atomic E-state index is 5.54. The molecule has 10 aromatic rings. The van der Waals surface area contributed by atoms with Gasteiger partial charge in [0.25, 0.3) is 0 Å². The number of hydrogen-bond donors (Lipinski definition) is 1. The van der Waals surface area contributed by atoms with Crippen LogP contribution in [0.4, 0.5) is 0 Å². The first-order chi connectivity index (χ1) is 28.9. The predicted octanol–water partition coefficient (Wildman–Crippen LogP) is 15.1. The lowest BCUT2D eigenvalue weighted by Gasteiger charge is -2.20. The highest BCUT2D eigenvalue weighted by Gasteiger charge is 2.21. The third kappa shape index (κ3) is 7.02. The number of rotatable bonds is 7. The summed E-state index contributed by atoms with van der Waals surface area (Å²) < 4.78 is 0. The van der Waals surface area contributed by atoms with Crippen molar-refractivity contribution in [3.05, 3.63) is 206 Å². The fourth-order valence-electron chi connectivity index (χ4n) is 8.25. The zero-order valence-electron chi connectivity index (χ0n) is 33.4. The Kier molecular flexibility index (Phi) is 9.07. The lowest BCUT2D eigenvalue weighted by molar-refractivity contribution is 0.590. The molecule has 0 atom stereocenters. The number of fused-ring (bicyclic) bond motifs is 3. The van der Waals surface area contributed by atoms with Crippen LogP contribution in [0.5, 0.6) is 0 Å². The first-order valence-corrected chi connectivity index (χ1v) is 20.3. The monoisotopic (exact) mass is 757 g/mol. The number of nitrogens with zero attached hydrogens (tertiary/aromatic N) is 2. The van der Waals surface area contributed by atoms with Gasteiger partial charge in [-0.25, -0.2) is 4.98 Å². The van der Waals surface area contributed by atoms with Crippen molar-refractivity contribution in [3.63, 3.8) is 0 Å². The molecule has 0 aliphatic carbocycles. The van der Waals surface area contributed by atoms with E-state index in [2.05, 4.69) is 220 Å². The van der Waals surface area contributed by atoms with E-state index in [9.17, 15) is 0 Å². The van der Waals surface area contributed by atoms with Crippen LogP contribution in [-0.4, -0.2) is 15.0 Å². The van der Waals surface area contributed by atoms with Crippen molar-refractivity contribution in [2.45, 2.75) is 26.2 Å². The number of benzene rings is 7. The molecule has 1 N–H and O–H groups in total. The highest BCUT2D eigenvalue weighted by atomic mass is 14.8. The lowest BCUT2D eigenvalue weighted by Crippen LogP contribution is -2.10. The fourth-order valence-corrected chi connectivity index (χ4v) is 8.25. The van der Waals surface area contributed by atoms with E-state index in [1.165, 1.54) is 5.56 Å². The molecule has 10 rings (SSSR count). The maximum atomic E-state index is 5.54. The Labute approximate surface area is 345 Å². The van der Waals surface area contributed by atoms with E-state index in [0.717, 1.165) is 100 Å². The predicted molar refractivity (Wildman–Crippen MR) is 248 cm³/mol. The van der Waals surface area contributed by atoms with Crippen LogP contribution >= 0.6 is 0 Å². The Hall–Kier alpha value is -7.36. The molecular formula is C56H43N3. The molecule has 3 heterocycles. The molecule has 0 saturated heterocycles. The molecule has 0 spiro atoms. The van der Waals surface area contributed by atoms with Crippen LogP contribution in [-0.2, 0) is 5.41 Å². The van der Waals surface area contributed by atoms with E-state index < -0.39 is 0 Å². The smallest absolute Gasteiger partial charge is 0.0737 e. The van der Waals surface area contributed by atoms with Gasteiger partial charge in [0, 0.05) is 33.7 Å². The Balaban J connectivity index is 1.28. The summed E-state index contributed by atoms with van der Waals surface area (Å²) >= 11 is 0. The van der Waals surface area contributed by atoms with Gasteiger partial charge in [-0.15, -0.1) is 0 Å². The molecule has 0 amide bonds. The zero-order chi connectivity index (χ0) is 39.9. The van der Waals surface area contributed by atoms with Gasteiger partial charge in [-0.3, -0.25) is 4.98 Å². The Morgan fingerprint density at radius 2 is 0.797 bits per heavy atom. The molecule has 7 aromatic carbocycles. The molecule has 0 saturated carbocycles. The van der Waals surface area contributed by atoms with Crippen molar-refractivity contribution in [1.82, 2.24) is 15.0 Å². The van der Waals surface area contributed by atoms with Crippen molar-refractivity contribution < 1.29 is 0 Å². The summed E-state index contributed by atoms with van der Waals surface area (Å²) in [6.45, 7) is 6.79. The van der Waals surface area contributed by atoms with Crippen LogP contribution in [0.25, 0.3) is 100 Å². The minimum Gasteiger partial charge on any atom is -0.353 e. The van der Waals surface area contributed by atoms with Gasteiger partial charge in [-0.2, -0.15) is 0 Å². The van der Waals surface area contributed by atoms with Crippen LogP contribution in [0.1, 0.15) is 26.3 Å². The molecule has 0 fully saturated rings. The summed E-state index contributed by atoms with van der Waals surface area (Å²) in [5.74, 6) is 0. The van der Waals surface area contributed by atoms with E-state index >= 15 is 0 Å². The van der Waals surface area contributed by atoms with Gasteiger partial charge in [0.2, 0.25) is 0 Å². The first kappa shape index (κ1) is 36.0.